The van der Waals surface area contributed by atoms with Gasteiger partial charge in [0.15, 0.2) is 0 Å². The van der Waals surface area contributed by atoms with Crippen molar-refractivity contribution in [3.05, 3.63) is 16.5 Å². The Kier molecular flexibility index (Phi) is 5.50. The van der Waals surface area contributed by atoms with Gasteiger partial charge in [-0.1, -0.05) is 0 Å². The van der Waals surface area contributed by atoms with E-state index in [1.54, 1.807) is 6.07 Å². The number of ether oxygens (including phenoxy) is 1. The summed E-state index contributed by atoms with van der Waals surface area (Å²) >= 11 is 1.26. The second kappa shape index (κ2) is 6.89. The van der Waals surface area contributed by atoms with Crippen LogP contribution in [0, 0.1) is 6.92 Å². The zero-order chi connectivity index (χ0) is 14.4. The summed E-state index contributed by atoms with van der Waals surface area (Å²) in [5, 5.41) is 13.2. The zero-order valence-electron chi connectivity index (χ0n) is 10.6. The van der Waals surface area contributed by atoms with E-state index in [9.17, 15) is 19.5 Å². The van der Waals surface area contributed by atoms with Gasteiger partial charge in [-0.2, -0.15) is 0 Å². The van der Waals surface area contributed by atoms with Gasteiger partial charge in [0.05, 0.1) is 12.7 Å². The molecule has 0 saturated heterocycles. The second-order valence-corrected chi connectivity index (χ2v) is 5.12. The summed E-state index contributed by atoms with van der Waals surface area (Å²) < 4.78 is 4.61. The van der Waals surface area contributed by atoms with Crippen LogP contribution in [0.3, 0.4) is 0 Å². The van der Waals surface area contributed by atoms with Crippen molar-refractivity contribution in [3.63, 3.8) is 0 Å². The van der Waals surface area contributed by atoms with Gasteiger partial charge in [0.2, 0.25) is 5.91 Å². The average molecular weight is 284 g/mol. The molecule has 19 heavy (non-hydrogen) atoms. The van der Waals surface area contributed by atoms with Gasteiger partial charge >= 0.3 is 5.97 Å². The fourth-order valence-electron chi connectivity index (χ4n) is 1.45. The van der Waals surface area contributed by atoms with Crippen LogP contribution >= 0.6 is 11.3 Å². The highest BCUT2D eigenvalue weighted by Gasteiger charge is 2.16. The van der Waals surface area contributed by atoms with Gasteiger partial charge in [-0.05, 0) is 25.8 Å². The van der Waals surface area contributed by atoms with Gasteiger partial charge < -0.3 is 20.0 Å². The quantitative estimate of drug-likeness (QED) is 0.776. The summed E-state index contributed by atoms with van der Waals surface area (Å²) in [6.45, 7) is 1.81. The maximum atomic E-state index is 11.6. The Bertz CT molecular complexity index is 494. The number of carbonyl (C=O) groups excluding carboxylic acids is 3. The minimum Gasteiger partial charge on any atom is -0.550 e. The third kappa shape index (κ3) is 4.70. The zero-order valence-corrected chi connectivity index (χ0v) is 11.5. The van der Waals surface area contributed by atoms with Gasteiger partial charge in [0.1, 0.15) is 5.00 Å². The Balaban J connectivity index is 2.63. The highest BCUT2D eigenvalue weighted by Crippen LogP contribution is 2.28. The lowest BCUT2D eigenvalue weighted by Crippen LogP contribution is -2.22. The van der Waals surface area contributed by atoms with E-state index in [4.69, 9.17) is 0 Å². The molecule has 0 spiro atoms. The van der Waals surface area contributed by atoms with E-state index in [1.165, 1.54) is 18.4 Å². The van der Waals surface area contributed by atoms with Crippen LogP contribution in [0.2, 0.25) is 0 Å². The number of carboxylic acids is 1. The number of carboxylic acid groups (broad SMARTS) is 1. The molecule has 0 fully saturated rings. The standard InChI is InChI=1S/C12H15NO5S/c1-7-6-8(12(17)18-2)11(19-7)13-9(14)4-3-5-10(15)16/h6H,3-5H2,1-2H3,(H,13,14)(H,15,16)/p-1. The van der Waals surface area contributed by atoms with Crippen LogP contribution in [0.4, 0.5) is 5.00 Å². The molecule has 1 rings (SSSR count). The van der Waals surface area contributed by atoms with Crippen molar-refractivity contribution < 1.29 is 24.2 Å². The van der Waals surface area contributed by atoms with Crippen LogP contribution in [0.15, 0.2) is 6.07 Å². The third-order valence-electron chi connectivity index (χ3n) is 2.30. The smallest absolute Gasteiger partial charge is 0.340 e. The van der Waals surface area contributed by atoms with Crippen LogP contribution in [-0.2, 0) is 14.3 Å². The number of aliphatic carboxylic acids is 1. The Morgan fingerprint density at radius 2 is 2.05 bits per heavy atom. The average Bonchev–Trinajstić information content (AvgIpc) is 2.68. The molecule has 0 bridgehead atoms. The number of methoxy groups -OCH3 is 1. The molecule has 0 aliphatic rings. The van der Waals surface area contributed by atoms with E-state index in [0.29, 0.717) is 10.6 Å². The van der Waals surface area contributed by atoms with E-state index in [-0.39, 0.29) is 25.2 Å². The number of aryl methyl sites for hydroxylation is 1. The molecule has 0 atom stereocenters. The van der Waals surface area contributed by atoms with Gasteiger partial charge in [-0.3, -0.25) is 4.79 Å². The number of carbonyl (C=O) groups is 3. The van der Waals surface area contributed by atoms with Crippen LogP contribution in [-0.4, -0.2) is 25.0 Å². The number of esters is 1. The number of amides is 1. The lowest BCUT2D eigenvalue weighted by molar-refractivity contribution is -0.305. The van der Waals surface area contributed by atoms with Gasteiger partial charge in [0.25, 0.3) is 0 Å². The van der Waals surface area contributed by atoms with E-state index < -0.39 is 11.9 Å². The van der Waals surface area contributed by atoms with Crippen LogP contribution in [0.25, 0.3) is 0 Å². The molecular weight excluding hydrogens is 270 g/mol. The number of hydrogen-bond donors (Lipinski definition) is 1. The monoisotopic (exact) mass is 284 g/mol. The number of thiophene rings is 1. The summed E-state index contributed by atoms with van der Waals surface area (Å²) in [5.74, 6) is -2.04. The minimum absolute atomic E-state index is 0.0611. The number of anilines is 1. The largest absolute Gasteiger partial charge is 0.550 e. The SMILES string of the molecule is COC(=O)c1cc(C)sc1NC(=O)CCCC(=O)[O-]. The molecule has 0 aliphatic heterocycles. The Morgan fingerprint density at radius 3 is 2.63 bits per heavy atom. The van der Waals surface area contributed by atoms with Crippen molar-refractivity contribution >= 4 is 34.2 Å². The van der Waals surface area contributed by atoms with E-state index in [1.807, 2.05) is 6.92 Å². The number of rotatable bonds is 6. The molecule has 1 aromatic heterocycles. The normalized spacial score (nSPS) is 10.0. The minimum atomic E-state index is -1.19. The summed E-state index contributed by atoms with van der Waals surface area (Å²) in [6, 6.07) is 1.63. The molecule has 1 heterocycles. The van der Waals surface area contributed by atoms with Crippen molar-refractivity contribution in [1.29, 1.82) is 0 Å². The molecule has 1 N–H and O–H groups in total. The summed E-state index contributed by atoms with van der Waals surface area (Å²) in [4.78, 5) is 34.2. The molecule has 6 nitrogen and oxygen atoms in total. The van der Waals surface area contributed by atoms with E-state index >= 15 is 0 Å². The lowest BCUT2D eigenvalue weighted by Gasteiger charge is -2.05. The topological polar surface area (TPSA) is 95.5 Å². The van der Waals surface area contributed by atoms with Crippen molar-refractivity contribution in [2.45, 2.75) is 26.2 Å². The summed E-state index contributed by atoms with van der Waals surface area (Å²) in [6.07, 6.45) is 0.0956. The van der Waals surface area contributed by atoms with Gasteiger partial charge in [-0.15, -0.1) is 11.3 Å². The third-order valence-corrected chi connectivity index (χ3v) is 3.26. The summed E-state index contributed by atoms with van der Waals surface area (Å²) in [5.41, 5.74) is 0.304. The lowest BCUT2D eigenvalue weighted by atomic mass is 10.2. The first-order valence-corrected chi connectivity index (χ1v) is 6.44. The Hall–Kier alpha value is -1.89. The van der Waals surface area contributed by atoms with Gasteiger partial charge in [-0.25, -0.2) is 4.79 Å². The molecule has 104 valence electrons. The number of hydrogen-bond acceptors (Lipinski definition) is 6. The highest BCUT2D eigenvalue weighted by atomic mass is 32.1. The van der Waals surface area contributed by atoms with Gasteiger partial charge in [0, 0.05) is 17.3 Å². The second-order valence-electron chi connectivity index (χ2n) is 3.87. The molecule has 0 aromatic carbocycles. The Labute approximate surface area is 114 Å². The fraction of sp³-hybridized carbons (Fsp3) is 0.417. The molecule has 1 aromatic rings. The first kappa shape index (κ1) is 15.2. The van der Waals surface area contributed by atoms with Crippen molar-refractivity contribution in [1.82, 2.24) is 0 Å². The maximum absolute atomic E-state index is 11.6. The van der Waals surface area contributed by atoms with Crippen molar-refractivity contribution in [2.24, 2.45) is 0 Å². The molecule has 0 radical (unpaired) electrons. The molecule has 7 heteroatoms. The first-order valence-electron chi connectivity index (χ1n) is 5.62. The van der Waals surface area contributed by atoms with Crippen LogP contribution in [0.1, 0.15) is 34.5 Å². The highest BCUT2D eigenvalue weighted by molar-refractivity contribution is 7.16. The molecule has 0 aliphatic carbocycles. The van der Waals surface area contributed by atoms with E-state index in [2.05, 4.69) is 10.1 Å². The van der Waals surface area contributed by atoms with Crippen molar-refractivity contribution in [3.8, 4) is 0 Å². The predicted octanol–water partition coefficient (Wildman–Crippen LogP) is 0.702. The molecule has 0 unspecified atom stereocenters. The molecule has 1 amide bonds. The van der Waals surface area contributed by atoms with Crippen LogP contribution in [0.5, 0.6) is 0 Å². The maximum Gasteiger partial charge on any atom is 0.340 e. The predicted molar refractivity (Wildman–Crippen MR) is 67.9 cm³/mol. The van der Waals surface area contributed by atoms with E-state index in [0.717, 1.165) is 4.88 Å². The Morgan fingerprint density at radius 1 is 1.37 bits per heavy atom. The fourth-order valence-corrected chi connectivity index (χ4v) is 2.37. The van der Waals surface area contributed by atoms with Crippen molar-refractivity contribution in [2.75, 3.05) is 12.4 Å². The first-order chi connectivity index (χ1) is 8.93. The van der Waals surface area contributed by atoms with Crippen LogP contribution < -0.4 is 10.4 Å². The molecule has 0 saturated carbocycles. The number of nitrogens with one attached hydrogen (secondary N) is 1. The molecular formula is C12H14NO5S-. The summed E-state index contributed by atoms with van der Waals surface area (Å²) in [7, 11) is 1.26.